The van der Waals surface area contributed by atoms with Gasteiger partial charge in [-0.2, -0.15) is 17.0 Å². The average Bonchev–Trinajstić information content (AvgIpc) is 2.15. The lowest BCUT2D eigenvalue weighted by Crippen LogP contribution is -2.07. The van der Waals surface area contributed by atoms with Crippen LogP contribution < -0.4 is 0 Å². The summed E-state index contributed by atoms with van der Waals surface area (Å²) in [6.07, 6.45) is 0. The number of benzene rings is 1. The predicted molar refractivity (Wildman–Crippen MR) is 62.2 cm³/mol. The van der Waals surface area contributed by atoms with E-state index in [0.717, 1.165) is 11.3 Å². The maximum atomic E-state index is 13.0. The highest BCUT2D eigenvalue weighted by molar-refractivity contribution is 7.99. The Morgan fingerprint density at radius 1 is 1.40 bits per heavy atom. The van der Waals surface area contributed by atoms with Crippen molar-refractivity contribution in [3.8, 4) is 6.07 Å². The molecule has 0 atom stereocenters. The molecule has 1 aromatic carbocycles. The molecule has 3 heteroatoms. The van der Waals surface area contributed by atoms with Gasteiger partial charge < -0.3 is 0 Å². The van der Waals surface area contributed by atoms with Crippen LogP contribution in [0.15, 0.2) is 18.2 Å². The molecule has 0 saturated heterocycles. The number of hydrogen-bond acceptors (Lipinski definition) is 2. The zero-order valence-corrected chi connectivity index (χ0v) is 9.99. The molecule has 0 bridgehead atoms. The van der Waals surface area contributed by atoms with Gasteiger partial charge in [0, 0.05) is 10.5 Å². The van der Waals surface area contributed by atoms with Crippen LogP contribution >= 0.6 is 11.8 Å². The minimum Gasteiger partial charge on any atom is -0.206 e. The third-order valence-electron chi connectivity index (χ3n) is 1.82. The molecule has 1 nitrogen and oxygen atoms in total. The van der Waals surface area contributed by atoms with Gasteiger partial charge >= 0.3 is 0 Å². The largest absolute Gasteiger partial charge is 0.206 e. The van der Waals surface area contributed by atoms with E-state index in [9.17, 15) is 4.39 Å². The van der Waals surface area contributed by atoms with Crippen LogP contribution in [0.25, 0.3) is 0 Å². The Hall–Kier alpha value is -1.01. The molecule has 0 N–H and O–H groups in total. The van der Waals surface area contributed by atoms with E-state index in [4.69, 9.17) is 5.26 Å². The van der Waals surface area contributed by atoms with Gasteiger partial charge in [-0.1, -0.05) is 26.8 Å². The van der Waals surface area contributed by atoms with Crippen LogP contribution in [0, 0.1) is 17.1 Å². The molecule has 0 saturated carbocycles. The lowest BCUT2D eigenvalue weighted by atomic mass is 10.1. The summed E-state index contributed by atoms with van der Waals surface area (Å²) in [7, 11) is 0. The standard InChI is InChI=1S/C12H14FNS/c1-12(2,3)15-8-9-4-5-11(13)10(6-9)7-14/h4-6H,8H2,1-3H3. The van der Waals surface area contributed by atoms with Crippen molar-refractivity contribution in [1.29, 1.82) is 5.26 Å². The van der Waals surface area contributed by atoms with Crippen molar-refractivity contribution in [2.75, 3.05) is 0 Å². The maximum absolute atomic E-state index is 13.0. The Labute approximate surface area is 94.3 Å². The van der Waals surface area contributed by atoms with Crippen LogP contribution in [0.2, 0.25) is 0 Å². The zero-order valence-electron chi connectivity index (χ0n) is 9.17. The highest BCUT2D eigenvalue weighted by Crippen LogP contribution is 2.27. The molecule has 0 aliphatic rings. The summed E-state index contributed by atoms with van der Waals surface area (Å²) in [4.78, 5) is 0. The summed E-state index contributed by atoms with van der Waals surface area (Å²) in [5.74, 6) is 0.361. The number of halogens is 1. The summed E-state index contributed by atoms with van der Waals surface area (Å²) in [5, 5.41) is 8.67. The first kappa shape index (κ1) is 12.1. The second-order valence-corrected chi connectivity index (χ2v) is 6.13. The molecule has 0 amide bonds. The normalized spacial score (nSPS) is 11.1. The van der Waals surface area contributed by atoms with Crippen molar-refractivity contribution >= 4 is 11.8 Å². The van der Waals surface area contributed by atoms with Crippen molar-refractivity contribution in [2.24, 2.45) is 0 Å². The first-order valence-electron chi connectivity index (χ1n) is 4.75. The van der Waals surface area contributed by atoms with E-state index < -0.39 is 5.82 Å². The topological polar surface area (TPSA) is 23.8 Å². The Bertz CT molecular complexity index is 388. The number of nitrogens with zero attached hydrogens (tertiary/aromatic N) is 1. The second-order valence-electron chi connectivity index (χ2n) is 4.33. The number of nitriles is 1. The van der Waals surface area contributed by atoms with E-state index in [1.54, 1.807) is 23.9 Å². The molecule has 0 aliphatic carbocycles. The number of hydrogen-bond donors (Lipinski definition) is 0. The third kappa shape index (κ3) is 3.93. The number of rotatable bonds is 2. The van der Waals surface area contributed by atoms with Gasteiger partial charge in [0.2, 0.25) is 0 Å². The molecule has 0 unspecified atom stereocenters. The number of thioether (sulfide) groups is 1. The van der Waals surface area contributed by atoms with Crippen molar-refractivity contribution in [3.05, 3.63) is 35.1 Å². The molecule has 0 spiro atoms. The zero-order chi connectivity index (χ0) is 11.5. The van der Waals surface area contributed by atoms with E-state index in [-0.39, 0.29) is 10.3 Å². The molecular formula is C12H14FNS. The van der Waals surface area contributed by atoms with E-state index in [0.29, 0.717) is 0 Å². The SMILES string of the molecule is CC(C)(C)SCc1ccc(F)c(C#N)c1. The molecule has 1 rings (SSSR count). The highest BCUT2D eigenvalue weighted by atomic mass is 32.2. The summed E-state index contributed by atoms with van der Waals surface area (Å²) in [5.41, 5.74) is 1.12. The van der Waals surface area contributed by atoms with Crippen molar-refractivity contribution in [2.45, 2.75) is 31.3 Å². The van der Waals surface area contributed by atoms with E-state index in [1.807, 2.05) is 6.07 Å². The molecule has 80 valence electrons. The van der Waals surface area contributed by atoms with Gasteiger partial charge in [-0.05, 0) is 17.7 Å². The third-order valence-corrected chi connectivity index (χ3v) is 3.17. The minimum absolute atomic E-state index is 0.127. The molecule has 0 radical (unpaired) electrons. The fraction of sp³-hybridized carbons (Fsp3) is 0.417. The summed E-state index contributed by atoms with van der Waals surface area (Å²) >= 11 is 1.78. The lowest BCUT2D eigenvalue weighted by Gasteiger charge is -2.17. The van der Waals surface area contributed by atoms with Crippen LogP contribution in [0.1, 0.15) is 31.9 Å². The van der Waals surface area contributed by atoms with Crippen LogP contribution in [0.5, 0.6) is 0 Å². The fourth-order valence-electron chi connectivity index (χ4n) is 1.05. The maximum Gasteiger partial charge on any atom is 0.140 e. The summed E-state index contributed by atoms with van der Waals surface area (Å²) in [6, 6.07) is 6.56. The fourth-order valence-corrected chi connectivity index (χ4v) is 1.83. The van der Waals surface area contributed by atoms with Gasteiger partial charge in [-0.15, -0.1) is 0 Å². The van der Waals surface area contributed by atoms with E-state index in [1.165, 1.54) is 6.07 Å². The molecule has 15 heavy (non-hydrogen) atoms. The van der Waals surface area contributed by atoms with Crippen LogP contribution in [0.4, 0.5) is 4.39 Å². The second kappa shape index (κ2) is 4.67. The average molecular weight is 223 g/mol. The Morgan fingerprint density at radius 2 is 2.07 bits per heavy atom. The first-order chi connectivity index (χ1) is 6.92. The smallest absolute Gasteiger partial charge is 0.140 e. The Balaban J connectivity index is 2.76. The van der Waals surface area contributed by atoms with Crippen molar-refractivity contribution < 1.29 is 4.39 Å². The molecular weight excluding hydrogens is 209 g/mol. The van der Waals surface area contributed by atoms with Crippen molar-refractivity contribution in [1.82, 2.24) is 0 Å². The quantitative estimate of drug-likeness (QED) is 0.762. The monoisotopic (exact) mass is 223 g/mol. The van der Waals surface area contributed by atoms with Gasteiger partial charge in [-0.25, -0.2) is 4.39 Å². The Morgan fingerprint density at radius 3 is 2.60 bits per heavy atom. The van der Waals surface area contributed by atoms with Gasteiger partial charge in [0.15, 0.2) is 0 Å². The molecule has 0 heterocycles. The van der Waals surface area contributed by atoms with Gasteiger partial charge in [-0.3, -0.25) is 0 Å². The van der Waals surface area contributed by atoms with E-state index >= 15 is 0 Å². The Kier molecular flexibility index (Phi) is 3.76. The van der Waals surface area contributed by atoms with Crippen LogP contribution in [0.3, 0.4) is 0 Å². The molecule has 1 aromatic rings. The van der Waals surface area contributed by atoms with Crippen LogP contribution in [-0.4, -0.2) is 4.75 Å². The summed E-state index contributed by atoms with van der Waals surface area (Å²) in [6.45, 7) is 6.39. The molecule has 0 fully saturated rings. The van der Waals surface area contributed by atoms with Gasteiger partial charge in [0.05, 0.1) is 5.56 Å². The van der Waals surface area contributed by atoms with Crippen molar-refractivity contribution in [3.63, 3.8) is 0 Å². The highest BCUT2D eigenvalue weighted by Gasteiger charge is 2.11. The lowest BCUT2D eigenvalue weighted by molar-refractivity contribution is 0.623. The van der Waals surface area contributed by atoms with E-state index in [2.05, 4.69) is 20.8 Å². The summed E-state index contributed by atoms with van der Waals surface area (Å²) < 4.78 is 13.2. The minimum atomic E-state index is -0.443. The van der Waals surface area contributed by atoms with Crippen LogP contribution in [-0.2, 0) is 5.75 Å². The van der Waals surface area contributed by atoms with Gasteiger partial charge in [0.25, 0.3) is 0 Å². The molecule has 0 aliphatic heterocycles. The predicted octanol–water partition coefficient (Wildman–Crippen LogP) is 3.73. The first-order valence-corrected chi connectivity index (χ1v) is 5.73. The molecule has 0 aromatic heterocycles. The van der Waals surface area contributed by atoms with Gasteiger partial charge in [0.1, 0.15) is 11.9 Å².